The molecule has 0 fully saturated rings. The SMILES string of the molecule is N#CCCCC(=O)[C@@H](O)C(=O)O. The molecule has 0 rings (SSSR count). The van der Waals surface area contributed by atoms with Crippen molar-refractivity contribution >= 4 is 11.8 Å². The Labute approximate surface area is 69.2 Å². The molecule has 5 heteroatoms. The summed E-state index contributed by atoms with van der Waals surface area (Å²) in [5.41, 5.74) is 0. The maximum Gasteiger partial charge on any atom is 0.340 e. The number of nitrogens with zero attached hydrogens (tertiary/aromatic N) is 1. The molecule has 0 aliphatic heterocycles. The van der Waals surface area contributed by atoms with Gasteiger partial charge in [-0.2, -0.15) is 5.26 Å². The number of hydrogen-bond donors (Lipinski definition) is 2. The average Bonchev–Trinajstić information content (AvgIpc) is 2.03. The Hall–Kier alpha value is -1.41. The number of aliphatic hydroxyl groups is 1. The summed E-state index contributed by atoms with van der Waals surface area (Å²) in [4.78, 5) is 20.8. The zero-order chi connectivity index (χ0) is 9.56. The minimum atomic E-state index is -1.94. The molecule has 0 radical (unpaired) electrons. The van der Waals surface area contributed by atoms with E-state index in [1.165, 1.54) is 0 Å². The number of hydrogen-bond acceptors (Lipinski definition) is 4. The number of unbranched alkanes of at least 4 members (excludes halogenated alkanes) is 1. The fraction of sp³-hybridized carbons (Fsp3) is 0.571. The molecule has 0 amide bonds. The van der Waals surface area contributed by atoms with E-state index < -0.39 is 17.9 Å². The van der Waals surface area contributed by atoms with Crippen LogP contribution in [0, 0.1) is 11.3 Å². The number of carbonyl (C=O) groups is 2. The largest absolute Gasteiger partial charge is 0.479 e. The van der Waals surface area contributed by atoms with Crippen LogP contribution in [0.3, 0.4) is 0 Å². The van der Waals surface area contributed by atoms with Gasteiger partial charge < -0.3 is 10.2 Å². The van der Waals surface area contributed by atoms with Crippen LogP contribution in [-0.4, -0.2) is 28.1 Å². The summed E-state index contributed by atoms with van der Waals surface area (Å²) in [6, 6.07) is 1.81. The topological polar surface area (TPSA) is 98.4 Å². The van der Waals surface area contributed by atoms with Gasteiger partial charge in [-0.3, -0.25) is 4.79 Å². The molecule has 1 atom stereocenters. The highest BCUT2D eigenvalue weighted by Gasteiger charge is 2.21. The Bertz CT molecular complexity index is 218. The highest BCUT2D eigenvalue weighted by Crippen LogP contribution is 1.99. The van der Waals surface area contributed by atoms with Gasteiger partial charge in [0, 0.05) is 12.8 Å². The fourth-order valence-electron chi connectivity index (χ4n) is 0.616. The zero-order valence-electron chi connectivity index (χ0n) is 6.36. The lowest BCUT2D eigenvalue weighted by Crippen LogP contribution is -2.29. The molecular weight excluding hydrogens is 162 g/mol. The van der Waals surface area contributed by atoms with Crippen molar-refractivity contribution in [2.75, 3.05) is 0 Å². The van der Waals surface area contributed by atoms with E-state index >= 15 is 0 Å². The third-order valence-electron chi connectivity index (χ3n) is 1.25. The van der Waals surface area contributed by atoms with Crippen molar-refractivity contribution in [2.24, 2.45) is 0 Å². The van der Waals surface area contributed by atoms with E-state index in [0.717, 1.165) is 0 Å². The number of aliphatic hydroxyl groups excluding tert-OH is 1. The maximum atomic E-state index is 10.7. The van der Waals surface area contributed by atoms with Gasteiger partial charge in [-0.15, -0.1) is 0 Å². The number of nitriles is 1. The van der Waals surface area contributed by atoms with E-state index in [9.17, 15) is 9.59 Å². The maximum absolute atomic E-state index is 10.7. The molecular formula is C7H9NO4. The molecule has 2 N–H and O–H groups in total. The number of rotatable bonds is 5. The van der Waals surface area contributed by atoms with Crippen LogP contribution >= 0.6 is 0 Å². The van der Waals surface area contributed by atoms with E-state index in [-0.39, 0.29) is 12.8 Å². The molecule has 0 aromatic rings. The molecule has 0 unspecified atom stereocenters. The minimum absolute atomic E-state index is 0.0684. The highest BCUT2D eigenvalue weighted by molar-refractivity contribution is 6.00. The van der Waals surface area contributed by atoms with Crippen LogP contribution in [0.2, 0.25) is 0 Å². The number of carboxylic acid groups (broad SMARTS) is 1. The first-order chi connectivity index (χ1) is 5.59. The van der Waals surface area contributed by atoms with Crippen LogP contribution in [0.15, 0.2) is 0 Å². The van der Waals surface area contributed by atoms with Crippen molar-refractivity contribution in [2.45, 2.75) is 25.4 Å². The minimum Gasteiger partial charge on any atom is -0.479 e. The Morgan fingerprint density at radius 1 is 1.50 bits per heavy atom. The van der Waals surface area contributed by atoms with E-state index in [1.54, 1.807) is 0 Å². The smallest absolute Gasteiger partial charge is 0.340 e. The molecule has 0 saturated heterocycles. The van der Waals surface area contributed by atoms with Crippen molar-refractivity contribution < 1.29 is 19.8 Å². The van der Waals surface area contributed by atoms with Crippen LogP contribution in [0.5, 0.6) is 0 Å². The Morgan fingerprint density at radius 2 is 2.08 bits per heavy atom. The number of carboxylic acids is 1. The Morgan fingerprint density at radius 3 is 2.50 bits per heavy atom. The highest BCUT2D eigenvalue weighted by atomic mass is 16.4. The molecule has 0 saturated carbocycles. The third kappa shape index (κ3) is 3.68. The van der Waals surface area contributed by atoms with Crippen LogP contribution in [0.1, 0.15) is 19.3 Å². The number of carbonyl (C=O) groups excluding carboxylic acids is 1. The molecule has 12 heavy (non-hydrogen) atoms. The standard InChI is InChI=1S/C7H9NO4/c8-4-2-1-3-5(9)6(10)7(11)12/h6,10H,1-3H2,(H,11,12)/t6-/m1/s1. The van der Waals surface area contributed by atoms with Gasteiger partial charge in [-0.1, -0.05) is 0 Å². The predicted octanol–water partition coefficient (Wildman–Crippen LogP) is -0.305. The second kappa shape index (κ2) is 5.27. The van der Waals surface area contributed by atoms with Crippen molar-refractivity contribution in [3.05, 3.63) is 0 Å². The molecule has 0 aliphatic rings. The van der Waals surface area contributed by atoms with Crippen molar-refractivity contribution in [1.29, 1.82) is 5.26 Å². The molecule has 0 aromatic heterocycles. The van der Waals surface area contributed by atoms with E-state index in [0.29, 0.717) is 6.42 Å². The van der Waals surface area contributed by atoms with Gasteiger partial charge >= 0.3 is 5.97 Å². The zero-order valence-corrected chi connectivity index (χ0v) is 6.36. The van der Waals surface area contributed by atoms with Crippen LogP contribution in [0.4, 0.5) is 0 Å². The number of ketones is 1. The lowest BCUT2D eigenvalue weighted by molar-refractivity contribution is -0.152. The normalized spacial score (nSPS) is 11.7. The molecule has 66 valence electrons. The second-order valence-corrected chi connectivity index (χ2v) is 2.22. The molecule has 0 spiro atoms. The van der Waals surface area contributed by atoms with Gasteiger partial charge in [0.2, 0.25) is 6.10 Å². The average molecular weight is 171 g/mol. The summed E-state index contributed by atoms with van der Waals surface area (Å²) in [5.74, 6) is -2.30. The quantitative estimate of drug-likeness (QED) is 0.437. The third-order valence-corrected chi connectivity index (χ3v) is 1.25. The van der Waals surface area contributed by atoms with E-state index in [2.05, 4.69) is 0 Å². The van der Waals surface area contributed by atoms with Crippen molar-refractivity contribution in [3.63, 3.8) is 0 Å². The summed E-state index contributed by atoms with van der Waals surface area (Å²) in [6.07, 6.45) is -1.53. The summed E-state index contributed by atoms with van der Waals surface area (Å²) in [6.45, 7) is 0. The van der Waals surface area contributed by atoms with E-state index in [4.69, 9.17) is 15.5 Å². The number of Topliss-reactive ketones (excluding diaryl/α,β-unsaturated/α-hetero) is 1. The van der Waals surface area contributed by atoms with Gasteiger partial charge in [0.15, 0.2) is 5.78 Å². The van der Waals surface area contributed by atoms with Gasteiger partial charge in [0.1, 0.15) is 0 Å². The first-order valence-electron chi connectivity index (χ1n) is 3.40. The lowest BCUT2D eigenvalue weighted by Gasteiger charge is -2.01. The summed E-state index contributed by atoms with van der Waals surface area (Å²) in [7, 11) is 0. The van der Waals surface area contributed by atoms with Crippen molar-refractivity contribution in [3.8, 4) is 6.07 Å². The van der Waals surface area contributed by atoms with Gasteiger partial charge in [-0.05, 0) is 6.42 Å². The van der Waals surface area contributed by atoms with Crippen LogP contribution in [0.25, 0.3) is 0 Å². The van der Waals surface area contributed by atoms with E-state index in [1.807, 2.05) is 6.07 Å². The van der Waals surface area contributed by atoms with Crippen LogP contribution < -0.4 is 0 Å². The van der Waals surface area contributed by atoms with Gasteiger partial charge in [0.25, 0.3) is 0 Å². The molecule has 0 bridgehead atoms. The van der Waals surface area contributed by atoms with Gasteiger partial charge in [0.05, 0.1) is 6.07 Å². The predicted molar refractivity (Wildman–Crippen MR) is 38.1 cm³/mol. The summed E-state index contributed by atoms with van der Waals surface area (Å²) < 4.78 is 0. The van der Waals surface area contributed by atoms with Gasteiger partial charge in [-0.25, -0.2) is 4.79 Å². The van der Waals surface area contributed by atoms with Crippen LogP contribution in [-0.2, 0) is 9.59 Å². The Kier molecular flexibility index (Phi) is 4.65. The molecule has 0 aliphatic carbocycles. The number of aliphatic carboxylic acids is 1. The molecule has 0 aromatic carbocycles. The summed E-state index contributed by atoms with van der Waals surface area (Å²) >= 11 is 0. The monoisotopic (exact) mass is 171 g/mol. The Balaban J connectivity index is 3.74. The fourth-order valence-corrected chi connectivity index (χ4v) is 0.616. The summed E-state index contributed by atoms with van der Waals surface area (Å²) in [5, 5.41) is 24.9. The lowest BCUT2D eigenvalue weighted by atomic mass is 10.1. The molecule has 0 heterocycles. The van der Waals surface area contributed by atoms with Crippen molar-refractivity contribution in [1.82, 2.24) is 0 Å². The first kappa shape index (κ1) is 10.6. The molecule has 5 nitrogen and oxygen atoms in total. The first-order valence-corrected chi connectivity index (χ1v) is 3.40. The second-order valence-electron chi connectivity index (χ2n) is 2.22.